The van der Waals surface area contributed by atoms with Crippen LogP contribution in [0.2, 0.25) is 0 Å². The quantitative estimate of drug-likeness (QED) is 0.0139. The van der Waals surface area contributed by atoms with Gasteiger partial charge in [-0.15, -0.1) is 0 Å². The molecule has 9 rings (SSSR count). The van der Waals surface area contributed by atoms with E-state index in [1.165, 1.54) is 75.5 Å². The lowest BCUT2D eigenvalue weighted by Crippen LogP contribution is -2.28. The first-order chi connectivity index (χ1) is 49.8. The molecule has 546 valence electrons. The van der Waals surface area contributed by atoms with E-state index in [-0.39, 0.29) is 61.8 Å². The Morgan fingerprint density at radius 2 is 0.913 bits per heavy atom. The van der Waals surface area contributed by atoms with Crippen molar-refractivity contribution in [2.75, 3.05) is 56.8 Å². The normalized spacial score (nSPS) is 10.4. The van der Waals surface area contributed by atoms with E-state index < -0.39 is 17.9 Å². The number of hydrogen-bond donors (Lipinski definition) is 1. The Kier molecular flexibility index (Phi) is 42.0. The predicted molar refractivity (Wildman–Crippen MR) is 402 cm³/mol. The molecular formula is C80H90N8O16. The zero-order chi connectivity index (χ0) is 74.3. The molecular weight excluding hydrogens is 1330 g/mol. The summed E-state index contributed by atoms with van der Waals surface area (Å²) >= 11 is 0. The van der Waals surface area contributed by atoms with Crippen molar-refractivity contribution < 1.29 is 76.4 Å². The van der Waals surface area contributed by atoms with Crippen LogP contribution >= 0.6 is 0 Å². The van der Waals surface area contributed by atoms with Gasteiger partial charge in [-0.2, -0.15) is 5.26 Å². The molecule has 0 fully saturated rings. The Morgan fingerprint density at radius 1 is 0.481 bits per heavy atom. The minimum atomic E-state index is -0.586. The number of aryl methyl sites for hydroxylation is 1. The second-order valence-corrected chi connectivity index (χ2v) is 19.4. The number of nitrogens with one attached hydrogen (secondary N) is 1. The van der Waals surface area contributed by atoms with Gasteiger partial charge in [-0.1, -0.05) is 221 Å². The summed E-state index contributed by atoms with van der Waals surface area (Å²) in [6.07, 6.45) is 4.17. The number of rotatable bonds is 25. The number of hydrogen-bond acceptors (Lipinski definition) is 23. The van der Waals surface area contributed by atoms with Crippen molar-refractivity contribution in [1.82, 2.24) is 15.3 Å². The van der Waals surface area contributed by atoms with Gasteiger partial charge < -0.3 is 62.6 Å². The maximum absolute atomic E-state index is 12.1. The van der Waals surface area contributed by atoms with E-state index in [2.05, 4.69) is 42.0 Å². The van der Waals surface area contributed by atoms with Gasteiger partial charge in [0.2, 0.25) is 11.8 Å². The van der Waals surface area contributed by atoms with Crippen LogP contribution in [0.3, 0.4) is 0 Å². The van der Waals surface area contributed by atoms with E-state index in [9.17, 15) is 24.4 Å². The van der Waals surface area contributed by atoms with E-state index in [1.54, 1.807) is 91.1 Å². The highest BCUT2D eigenvalue weighted by molar-refractivity contribution is 6.46. The average Bonchev–Trinajstić information content (AvgIpc) is 0.779. The summed E-state index contributed by atoms with van der Waals surface area (Å²) in [7, 11) is 11.0. The first-order valence-electron chi connectivity index (χ1n) is 31.5. The van der Waals surface area contributed by atoms with Gasteiger partial charge in [0.1, 0.15) is 81.3 Å². The molecule has 0 atom stereocenters. The van der Waals surface area contributed by atoms with E-state index in [1.807, 2.05) is 156 Å². The summed E-state index contributed by atoms with van der Waals surface area (Å²) < 4.78 is 42.6. The fourth-order valence-corrected chi connectivity index (χ4v) is 8.47. The highest BCUT2D eigenvalue weighted by Gasteiger charge is 2.23. The maximum atomic E-state index is 12.1. The molecule has 24 heteroatoms. The minimum Gasteiger partial charge on any atom is -0.503 e. The molecule has 0 aliphatic rings. The number of para-hydroxylation sites is 5. The summed E-state index contributed by atoms with van der Waals surface area (Å²) in [5.74, 6) is 1.03. The predicted octanol–water partition coefficient (Wildman–Crippen LogP) is 15.9. The number of nitriles is 1. The van der Waals surface area contributed by atoms with Crippen LogP contribution in [0.5, 0.6) is 40.5 Å². The Bertz CT molecular complexity index is 4270. The lowest BCUT2D eigenvalue weighted by atomic mass is 10.0. The van der Waals surface area contributed by atoms with Gasteiger partial charge in [0.05, 0.1) is 58.1 Å². The van der Waals surface area contributed by atoms with Gasteiger partial charge in [-0.3, -0.25) is 4.79 Å². The molecule has 0 saturated heterocycles. The average molecular weight is 1420 g/mol. The van der Waals surface area contributed by atoms with E-state index in [0.29, 0.717) is 57.4 Å². The maximum Gasteiger partial charge on any atom is 0.360 e. The Balaban J connectivity index is 0.000000464. The summed E-state index contributed by atoms with van der Waals surface area (Å²) in [6, 6.07) is 65.6. The number of ether oxygens (including phenoxy) is 8. The lowest BCUT2D eigenvalue weighted by molar-refractivity contribution is -0.134. The van der Waals surface area contributed by atoms with Gasteiger partial charge >= 0.3 is 17.9 Å². The number of likely N-dealkylation sites (N-methyl/N-ethyl adjacent to an activating group) is 1. The SMILES string of the molecule is C.C.CC.CC.CNC(=O)/C(=N\OC)c1ccccc1Oc1ccccc1.CO/C=C(\C(=O)OC)c1ccccc1Oc1cc(Oc2ccccc2C#N)ncn1.CO/N=C(\C(=O)OC)c1ccccc1CO/N=C/c1ccccc1.CO/N=C(\C(=O)OC)c1ccccc1COc1ccccc1C. The standard InChI is InChI=1S/C22H17N3O5.C18H18N2O4.C18H19NO4.C16H16N2O3.2C2H6.2CH4/c1-27-13-17(22(26)28-2)16-8-4-6-10-19(16)30-21-11-20(24-14-25-21)29-18-9-5-3-7-15(18)12-23;1-22-18(21)17(20-23-2)16-11-7-6-10-15(16)13-24-19-12-14-8-4-3-5-9-14;1-13-8-4-7-11-16(13)23-12-14-9-5-6-10-15(14)17(19-22-3)18(20)21-2;1-17-16(19)15(18-20-2)13-10-6-7-11-14(13)21-12-8-4-3-5-9-12;2*1-2;;/h3-11,13-14H,1-2H3;3-12H,13H2,1-2H3;4-11H,12H2,1-3H3;3-11H,1-2H3,(H,17,19);2*1-2H3;2*1H4/b17-13-;19-12+,20-17-;19-17-;18-15-;;;;. The highest BCUT2D eigenvalue weighted by atomic mass is 16.6. The number of amides is 1. The summed E-state index contributed by atoms with van der Waals surface area (Å²) in [4.78, 5) is 75.6. The molecule has 0 spiro atoms. The van der Waals surface area contributed by atoms with E-state index >= 15 is 0 Å². The Morgan fingerprint density at radius 3 is 1.42 bits per heavy atom. The van der Waals surface area contributed by atoms with Crippen LogP contribution in [0.25, 0.3) is 5.57 Å². The first kappa shape index (κ1) is 86.9. The largest absolute Gasteiger partial charge is 0.503 e. The van der Waals surface area contributed by atoms with Crippen LogP contribution in [0.1, 0.15) is 92.6 Å². The van der Waals surface area contributed by atoms with Crippen molar-refractivity contribution in [2.45, 2.75) is 62.7 Å². The second kappa shape index (κ2) is 50.2. The monoisotopic (exact) mass is 1420 g/mol. The van der Waals surface area contributed by atoms with Crippen LogP contribution in [-0.4, -0.2) is 114 Å². The molecule has 0 saturated carbocycles. The fourth-order valence-electron chi connectivity index (χ4n) is 8.47. The topological polar surface area (TPSA) is 290 Å². The molecule has 9 aromatic rings. The van der Waals surface area contributed by atoms with Gasteiger partial charge in [0.25, 0.3) is 5.91 Å². The molecule has 8 aromatic carbocycles. The van der Waals surface area contributed by atoms with Gasteiger partial charge in [-0.05, 0) is 72.1 Å². The Labute approximate surface area is 608 Å². The number of nitrogens with zero attached hydrogens (tertiary/aromatic N) is 7. The summed E-state index contributed by atoms with van der Waals surface area (Å²) in [6.45, 7) is 10.5. The first-order valence-corrected chi connectivity index (χ1v) is 31.5. The van der Waals surface area contributed by atoms with Crippen LogP contribution in [0.4, 0.5) is 0 Å². The van der Waals surface area contributed by atoms with Gasteiger partial charge in [-0.25, -0.2) is 24.4 Å². The van der Waals surface area contributed by atoms with E-state index in [4.69, 9.17) is 57.2 Å². The highest BCUT2D eigenvalue weighted by Crippen LogP contribution is 2.33. The molecule has 1 amide bonds. The number of aromatic nitrogens is 2. The molecule has 0 bridgehead atoms. The smallest absolute Gasteiger partial charge is 0.360 e. The third-order valence-electron chi connectivity index (χ3n) is 13.0. The Hall–Kier alpha value is -13.2. The molecule has 1 aromatic heterocycles. The van der Waals surface area contributed by atoms with Crippen LogP contribution < -0.4 is 24.3 Å². The number of oxime groups is 4. The molecule has 1 heterocycles. The zero-order valence-electron chi connectivity index (χ0n) is 59.0. The fraction of sp³-hybridized carbons (Fsp3) is 0.212. The van der Waals surface area contributed by atoms with Crippen LogP contribution in [-0.2, 0) is 70.7 Å². The van der Waals surface area contributed by atoms with Crippen molar-refractivity contribution in [3.05, 3.63) is 275 Å². The van der Waals surface area contributed by atoms with Gasteiger partial charge in [0.15, 0.2) is 17.1 Å². The van der Waals surface area contributed by atoms with Crippen LogP contribution in [0, 0.1) is 18.3 Å². The number of carbonyl (C=O) groups excluding carboxylic acids is 4. The molecule has 0 aliphatic carbocycles. The lowest BCUT2D eigenvalue weighted by Gasteiger charge is -2.12. The zero-order valence-corrected chi connectivity index (χ0v) is 59.0. The molecule has 24 nitrogen and oxygen atoms in total. The van der Waals surface area contributed by atoms with Crippen molar-refractivity contribution in [1.29, 1.82) is 5.26 Å². The molecule has 0 aliphatic heterocycles. The van der Waals surface area contributed by atoms with Crippen LogP contribution in [0.15, 0.2) is 246 Å². The third-order valence-corrected chi connectivity index (χ3v) is 13.0. The third kappa shape index (κ3) is 27.9. The van der Waals surface area contributed by atoms with Gasteiger partial charge in [0, 0.05) is 29.3 Å². The number of benzene rings is 8. The number of methoxy groups -OCH3 is 4. The summed E-state index contributed by atoms with van der Waals surface area (Å²) in [5, 5.41) is 27.0. The summed E-state index contributed by atoms with van der Waals surface area (Å²) in [5.41, 5.74) is 6.64. The molecule has 1 N–H and O–H groups in total. The number of carbonyl (C=O) groups is 4. The van der Waals surface area contributed by atoms with Crippen molar-refractivity contribution >= 4 is 52.7 Å². The molecule has 0 unspecified atom stereocenters. The minimum absolute atomic E-state index is 0. The molecule has 104 heavy (non-hydrogen) atoms. The van der Waals surface area contributed by atoms with Crippen molar-refractivity contribution in [3.8, 4) is 46.6 Å². The van der Waals surface area contributed by atoms with Crippen molar-refractivity contribution in [3.63, 3.8) is 0 Å². The number of esters is 3. The van der Waals surface area contributed by atoms with E-state index in [0.717, 1.165) is 28.0 Å². The molecule has 0 radical (unpaired) electrons. The second-order valence-electron chi connectivity index (χ2n) is 19.4. The van der Waals surface area contributed by atoms with Crippen molar-refractivity contribution in [2.24, 2.45) is 20.6 Å².